The number of thiazole rings is 1. The van der Waals surface area contributed by atoms with Crippen molar-refractivity contribution in [1.82, 2.24) is 14.8 Å². The second kappa shape index (κ2) is 9.71. The van der Waals surface area contributed by atoms with Gasteiger partial charge in [-0.15, -0.1) is 0 Å². The Kier molecular flexibility index (Phi) is 6.77. The van der Waals surface area contributed by atoms with Gasteiger partial charge in [0, 0.05) is 11.6 Å². The number of unbranched alkanes of at least 4 members (excludes halogenated alkanes) is 2. The first-order valence-corrected chi connectivity index (χ1v) is 11.8. The molecule has 8 heteroatoms. The number of anilines is 1. The zero-order chi connectivity index (χ0) is 22.7. The third-order valence-electron chi connectivity index (χ3n) is 5.07. The van der Waals surface area contributed by atoms with Crippen LogP contribution in [0.25, 0.3) is 15.3 Å². The van der Waals surface area contributed by atoms with Crippen molar-refractivity contribution in [2.75, 3.05) is 11.9 Å². The Hall–Kier alpha value is -2.90. The molecular weight excluding hydrogens is 444 g/mol. The van der Waals surface area contributed by atoms with Gasteiger partial charge in [0.1, 0.15) is 11.6 Å². The highest BCUT2D eigenvalue weighted by Crippen LogP contribution is 2.34. The van der Waals surface area contributed by atoms with Gasteiger partial charge in [-0.25, -0.2) is 4.98 Å². The molecule has 0 spiro atoms. The van der Waals surface area contributed by atoms with Gasteiger partial charge in [0.05, 0.1) is 27.5 Å². The van der Waals surface area contributed by atoms with Crippen LogP contribution in [0.3, 0.4) is 0 Å². The third kappa shape index (κ3) is 4.79. The molecule has 4 aromatic rings. The Morgan fingerprint density at radius 2 is 1.94 bits per heavy atom. The largest absolute Gasteiger partial charge is 0.494 e. The molecule has 0 saturated carbocycles. The molecule has 32 heavy (non-hydrogen) atoms. The highest BCUT2D eigenvalue weighted by atomic mass is 35.5. The number of hydrogen-bond donors (Lipinski definition) is 1. The summed E-state index contributed by atoms with van der Waals surface area (Å²) in [4.78, 5) is 17.6. The van der Waals surface area contributed by atoms with Crippen molar-refractivity contribution >= 4 is 44.9 Å². The Bertz CT molecular complexity index is 1210. The van der Waals surface area contributed by atoms with Crippen molar-refractivity contribution in [2.24, 2.45) is 0 Å². The number of rotatable bonds is 8. The monoisotopic (exact) mass is 468 g/mol. The van der Waals surface area contributed by atoms with E-state index in [1.54, 1.807) is 16.8 Å². The van der Waals surface area contributed by atoms with E-state index in [1.807, 2.05) is 44.2 Å². The second-order valence-electron chi connectivity index (χ2n) is 7.66. The van der Waals surface area contributed by atoms with Crippen molar-refractivity contribution in [3.05, 3.63) is 64.3 Å². The molecule has 2 aromatic carbocycles. The highest BCUT2D eigenvalue weighted by molar-refractivity contribution is 7.21. The Labute approximate surface area is 196 Å². The van der Waals surface area contributed by atoms with Crippen LogP contribution in [0, 0.1) is 13.8 Å². The van der Waals surface area contributed by atoms with Crippen LogP contribution in [0.4, 0.5) is 5.82 Å². The predicted octanol–water partition coefficient (Wildman–Crippen LogP) is 6.57. The van der Waals surface area contributed by atoms with Crippen molar-refractivity contribution in [2.45, 2.75) is 40.0 Å². The number of benzene rings is 2. The fraction of sp³-hybridized carbons (Fsp3) is 0.292. The first kappa shape index (κ1) is 22.3. The van der Waals surface area contributed by atoms with E-state index in [9.17, 15) is 4.79 Å². The van der Waals surface area contributed by atoms with Crippen LogP contribution < -0.4 is 10.1 Å². The van der Waals surface area contributed by atoms with Gasteiger partial charge in [0.2, 0.25) is 5.13 Å². The molecule has 166 valence electrons. The first-order chi connectivity index (χ1) is 15.5. The normalized spacial score (nSPS) is 11.1. The fourth-order valence-corrected chi connectivity index (χ4v) is 4.63. The molecule has 0 atom stereocenters. The molecule has 0 saturated heterocycles. The standard InChI is InChI=1S/C24H25ClN4O2S/c1-4-5-6-13-31-18-10-8-17(9-11-18)23(30)26-20-14-16(3)28-29(20)24-27-21-15(2)7-12-19(25)22(21)32-24/h7-12,14H,4-6,13H2,1-3H3,(H,26,30). The van der Waals surface area contributed by atoms with E-state index in [1.165, 1.54) is 11.3 Å². The van der Waals surface area contributed by atoms with Gasteiger partial charge >= 0.3 is 0 Å². The van der Waals surface area contributed by atoms with Crippen LogP contribution in [0.1, 0.15) is 47.8 Å². The number of carbonyl (C=O) groups is 1. The SMILES string of the molecule is CCCCCOc1ccc(C(=O)Nc2cc(C)nn2-c2nc3c(C)ccc(Cl)c3s2)cc1. The Morgan fingerprint density at radius 3 is 2.66 bits per heavy atom. The molecular formula is C24H25ClN4O2S. The summed E-state index contributed by atoms with van der Waals surface area (Å²) in [6.07, 6.45) is 3.33. The van der Waals surface area contributed by atoms with E-state index >= 15 is 0 Å². The van der Waals surface area contributed by atoms with Gasteiger partial charge in [0.15, 0.2) is 0 Å². The lowest BCUT2D eigenvalue weighted by atomic mass is 10.2. The van der Waals surface area contributed by atoms with Gasteiger partial charge in [-0.3, -0.25) is 4.79 Å². The van der Waals surface area contributed by atoms with Gasteiger partial charge < -0.3 is 10.1 Å². The molecule has 2 heterocycles. The minimum atomic E-state index is -0.223. The number of carbonyl (C=O) groups excluding carboxylic acids is 1. The van der Waals surface area contributed by atoms with E-state index in [0.29, 0.717) is 28.1 Å². The molecule has 0 aliphatic rings. The summed E-state index contributed by atoms with van der Waals surface area (Å²) in [7, 11) is 0. The number of aryl methyl sites for hydroxylation is 2. The topological polar surface area (TPSA) is 69.0 Å². The molecule has 1 N–H and O–H groups in total. The van der Waals surface area contributed by atoms with Crippen molar-refractivity contribution in [1.29, 1.82) is 0 Å². The maximum atomic E-state index is 12.9. The van der Waals surface area contributed by atoms with E-state index in [-0.39, 0.29) is 5.91 Å². The third-order valence-corrected chi connectivity index (χ3v) is 6.56. The predicted molar refractivity (Wildman–Crippen MR) is 131 cm³/mol. The lowest BCUT2D eigenvalue weighted by Gasteiger charge is -2.08. The molecule has 4 rings (SSSR count). The van der Waals surface area contributed by atoms with Crippen molar-refractivity contribution in [3.63, 3.8) is 0 Å². The summed E-state index contributed by atoms with van der Waals surface area (Å²) in [6, 6.07) is 12.8. The molecule has 0 radical (unpaired) electrons. The number of nitrogens with one attached hydrogen (secondary N) is 1. The number of nitrogens with zero attached hydrogens (tertiary/aromatic N) is 3. The number of fused-ring (bicyclic) bond motifs is 1. The molecule has 1 amide bonds. The summed E-state index contributed by atoms with van der Waals surface area (Å²) >= 11 is 7.80. The molecule has 0 fully saturated rings. The molecule has 0 aliphatic carbocycles. The van der Waals surface area contributed by atoms with Crippen LogP contribution in [0.2, 0.25) is 5.02 Å². The number of aromatic nitrogens is 3. The quantitative estimate of drug-likeness (QED) is 0.297. The minimum Gasteiger partial charge on any atom is -0.494 e. The van der Waals surface area contributed by atoms with E-state index < -0.39 is 0 Å². The van der Waals surface area contributed by atoms with Crippen molar-refractivity contribution < 1.29 is 9.53 Å². The fourth-order valence-electron chi connectivity index (χ4n) is 3.35. The average Bonchev–Trinajstić information content (AvgIpc) is 3.39. The summed E-state index contributed by atoms with van der Waals surface area (Å²) in [5.74, 6) is 1.10. The van der Waals surface area contributed by atoms with E-state index in [4.69, 9.17) is 21.3 Å². The Balaban J connectivity index is 1.53. The smallest absolute Gasteiger partial charge is 0.256 e. The lowest BCUT2D eigenvalue weighted by Crippen LogP contribution is -2.15. The zero-order valence-electron chi connectivity index (χ0n) is 18.3. The van der Waals surface area contributed by atoms with Crippen LogP contribution in [-0.2, 0) is 0 Å². The highest BCUT2D eigenvalue weighted by Gasteiger charge is 2.17. The lowest BCUT2D eigenvalue weighted by molar-refractivity contribution is 0.102. The maximum Gasteiger partial charge on any atom is 0.256 e. The summed E-state index contributed by atoms with van der Waals surface area (Å²) in [6.45, 7) is 6.72. The molecule has 2 aromatic heterocycles. The van der Waals surface area contributed by atoms with Crippen LogP contribution >= 0.6 is 22.9 Å². The number of amides is 1. The Morgan fingerprint density at radius 1 is 1.16 bits per heavy atom. The molecule has 6 nitrogen and oxygen atoms in total. The van der Waals surface area contributed by atoms with Gasteiger partial charge in [-0.1, -0.05) is 48.8 Å². The van der Waals surface area contributed by atoms with Gasteiger partial charge in [-0.2, -0.15) is 9.78 Å². The number of hydrogen-bond acceptors (Lipinski definition) is 5. The van der Waals surface area contributed by atoms with Crippen LogP contribution in [0.5, 0.6) is 5.75 Å². The average molecular weight is 469 g/mol. The number of ether oxygens (including phenoxy) is 1. The van der Waals surface area contributed by atoms with E-state index in [0.717, 1.165) is 46.5 Å². The van der Waals surface area contributed by atoms with Crippen LogP contribution in [-0.4, -0.2) is 27.3 Å². The second-order valence-corrected chi connectivity index (χ2v) is 9.04. The van der Waals surface area contributed by atoms with Crippen molar-refractivity contribution in [3.8, 4) is 10.9 Å². The molecule has 0 unspecified atom stereocenters. The van der Waals surface area contributed by atoms with Gasteiger partial charge in [-0.05, 0) is 56.2 Å². The van der Waals surface area contributed by atoms with E-state index in [2.05, 4.69) is 17.3 Å². The summed E-state index contributed by atoms with van der Waals surface area (Å²) in [5, 5.41) is 8.79. The van der Waals surface area contributed by atoms with Gasteiger partial charge in [0.25, 0.3) is 5.91 Å². The zero-order valence-corrected chi connectivity index (χ0v) is 19.9. The minimum absolute atomic E-state index is 0.223. The first-order valence-electron chi connectivity index (χ1n) is 10.6. The summed E-state index contributed by atoms with van der Waals surface area (Å²) < 4.78 is 8.28. The summed E-state index contributed by atoms with van der Waals surface area (Å²) in [5.41, 5.74) is 3.20. The molecule has 0 aliphatic heterocycles. The number of halogens is 1. The van der Waals surface area contributed by atoms with Crippen LogP contribution in [0.15, 0.2) is 42.5 Å². The molecule has 0 bridgehead atoms. The maximum absolute atomic E-state index is 12.9.